The van der Waals surface area contributed by atoms with Crippen LogP contribution in [0.5, 0.6) is 0 Å². The summed E-state index contributed by atoms with van der Waals surface area (Å²) >= 11 is 4.70. The zero-order valence-electron chi connectivity index (χ0n) is 6.92. The highest BCUT2D eigenvalue weighted by Crippen LogP contribution is 2.19. The molecule has 0 aromatic heterocycles. The molecule has 1 aliphatic carbocycles. The third-order valence-electron chi connectivity index (χ3n) is 1.74. The normalized spacial score (nSPS) is 23.6. The summed E-state index contributed by atoms with van der Waals surface area (Å²) in [7, 11) is 0. The number of allylic oxidation sites excluding steroid dienone is 3. The highest BCUT2D eigenvalue weighted by Gasteiger charge is 2.06. The summed E-state index contributed by atoms with van der Waals surface area (Å²) in [4.78, 5) is 0. The minimum Gasteiger partial charge on any atom is -0.353 e. The van der Waals surface area contributed by atoms with E-state index in [2.05, 4.69) is 31.3 Å². The number of thiocarbonyl (C=S) groups is 1. The van der Waals surface area contributed by atoms with Gasteiger partial charge in [-0.3, -0.25) is 0 Å². The lowest BCUT2D eigenvalue weighted by Crippen LogP contribution is -2.12. The molecule has 0 aromatic rings. The maximum Gasteiger partial charge on any atom is 0.0658 e. The molecular formula is C9H13NS. The standard InChI is InChI=1S/C9H13NS/c1-7-3-8(2)5-9(4-7)10-6-11/h4-7H,3H2,1-2H3,(H,10,11). The van der Waals surface area contributed by atoms with Crippen molar-refractivity contribution in [1.29, 1.82) is 0 Å². The van der Waals surface area contributed by atoms with Gasteiger partial charge in [-0.25, -0.2) is 0 Å². The van der Waals surface area contributed by atoms with Crippen LogP contribution >= 0.6 is 12.2 Å². The highest BCUT2D eigenvalue weighted by atomic mass is 32.1. The van der Waals surface area contributed by atoms with E-state index in [1.54, 1.807) is 5.49 Å². The van der Waals surface area contributed by atoms with Gasteiger partial charge in [0.1, 0.15) is 0 Å². The van der Waals surface area contributed by atoms with E-state index in [4.69, 9.17) is 12.2 Å². The van der Waals surface area contributed by atoms with Crippen molar-refractivity contribution in [3.8, 4) is 0 Å². The summed E-state index contributed by atoms with van der Waals surface area (Å²) in [5.41, 5.74) is 4.10. The molecular weight excluding hydrogens is 154 g/mol. The maximum atomic E-state index is 4.70. The van der Waals surface area contributed by atoms with Gasteiger partial charge in [-0.15, -0.1) is 0 Å². The first-order valence-corrected chi connectivity index (χ1v) is 4.28. The minimum atomic E-state index is 0.637. The second-order valence-corrected chi connectivity index (χ2v) is 3.29. The van der Waals surface area contributed by atoms with Crippen LogP contribution < -0.4 is 5.32 Å². The molecule has 2 heteroatoms. The van der Waals surface area contributed by atoms with Gasteiger partial charge in [0.2, 0.25) is 0 Å². The smallest absolute Gasteiger partial charge is 0.0658 e. The molecule has 1 N–H and O–H groups in total. The van der Waals surface area contributed by atoms with E-state index in [1.165, 1.54) is 12.0 Å². The first-order valence-electron chi connectivity index (χ1n) is 3.81. The number of hydrogen-bond acceptors (Lipinski definition) is 1. The second kappa shape index (κ2) is 3.67. The van der Waals surface area contributed by atoms with Crippen molar-refractivity contribution in [2.24, 2.45) is 5.92 Å². The Morgan fingerprint density at radius 2 is 2.45 bits per heavy atom. The van der Waals surface area contributed by atoms with Gasteiger partial charge < -0.3 is 5.32 Å². The molecule has 0 aliphatic heterocycles. The van der Waals surface area contributed by atoms with Crippen molar-refractivity contribution in [3.05, 3.63) is 23.4 Å². The molecule has 11 heavy (non-hydrogen) atoms. The number of hydrogen-bond donors (Lipinski definition) is 1. The number of nitrogens with one attached hydrogen (secondary N) is 1. The molecule has 1 aliphatic rings. The number of rotatable bonds is 2. The first kappa shape index (κ1) is 8.47. The Morgan fingerprint density at radius 1 is 1.73 bits per heavy atom. The van der Waals surface area contributed by atoms with Crippen molar-refractivity contribution >= 4 is 17.7 Å². The average Bonchev–Trinajstić information content (AvgIpc) is 1.85. The molecule has 0 radical (unpaired) electrons. The van der Waals surface area contributed by atoms with E-state index >= 15 is 0 Å². The van der Waals surface area contributed by atoms with E-state index in [0.29, 0.717) is 5.92 Å². The SMILES string of the molecule is CC1=CC(NC=S)=CC(C)C1. The molecule has 1 nitrogen and oxygen atoms in total. The van der Waals surface area contributed by atoms with E-state index in [1.807, 2.05) is 0 Å². The highest BCUT2D eigenvalue weighted by molar-refractivity contribution is 7.78. The van der Waals surface area contributed by atoms with Gasteiger partial charge in [0.05, 0.1) is 5.49 Å². The fourth-order valence-corrected chi connectivity index (χ4v) is 1.54. The summed E-state index contributed by atoms with van der Waals surface area (Å²) in [6, 6.07) is 0. The van der Waals surface area contributed by atoms with Crippen LogP contribution in [0, 0.1) is 5.92 Å². The Kier molecular flexibility index (Phi) is 2.83. The predicted octanol–water partition coefficient (Wildman–Crippen LogP) is 2.40. The molecule has 60 valence electrons. The van der Waals surface area contributed by atoms with Gasteiger partial charge in [-0.1, -0.05) is 30.8 Å². The van der Waals surface area contributed by atoms with Crippen LogP contribution in [0.2, 0.25) is 0 Å². The molecule has 1 unspecified atom stereocenters. The Bertz CT molecular complexity index is 216. The molecule has 1 atom stereocenters. The van der Waals surface area contributed by atoms with Crippen molar-refractivity contribution in [3.63, 3.8) is 0 Å². The van der Waals surface area contributed by atoms with E-state index in [0.717, 1.165) is 5.70 Å². The van der Waals surface area contributed by atoms with Crippen molar-refractivity contribution in [2.75, 3.05) is 0 Å². The van der Waals surface area contributed by atoms with Crippen LogP contribution in [-0.4, -0.2) is 5.49 Å². The van der Waals surface area contributed by atoms with Crippen molar-refractivity contribution in [1.82, 2.24) is 5.32 Å². The lowest BCUT2D eigenvalue weighted by molar-refractivity contribution is 0.695. The zero-order valence-corrected chi connectivity index (χ0v) is 7.74. The van der Waals surface area contributed by atoms with E-state index < -0.39 is 0 Å². The van der Waals surface area contributed by atoms with Gasteiger partial charge >= 0.3 is 0 Å². The average molecular weight is 167 g/mol. The molecule has 0 saturated heterocycles. The van der Waals surface area contributed by atoms with Gasteiger partial charge in [-0.05, 0) is 25.3 Å². The Morgan fingerprint density at radius 3 is 3.00 bits per heavy atom. The molecule has 0 aromatic carbocycles. The quantitative estimate of drug-likeness (QED) is 0.634. The van der Waals surface area contributed by atoms with Crippen LogP contribution in [0.15, 0.2) is 23.4 Å². The Labute approximate surface area is 73.2 Å². The van der Waals surface area contributed by atoms with Gasteiger partial charge in [0.25, 0.3) is 0 Å². The zero-order chi connectivity index (χ0) is 8.27. The summed E-state index contributed by atoms with van der Waals surface area (Å²) in [5, 5.41) is 3.02. The van der Waals surface area contributed by atoms with E-state index in [-0.39, 0.29) is 0 Å². The molecule has 1 rings (SSSR count). The van der Waals surface area contributed by atoms with Crippen molar-refractivity contribution < 1.29 is 0 Å². The van der Waals surface area contributed by atoms with E-state index in [9.17, 15) is 0 Å². The maximum absolute atomic E-state index is 4.70. The fourth-order valence-electron chi connectivity index (χ4n) is 1.40. The molecule has 0 fully saturated rings. The van der Waals surface area contributed by atoms with Crippen LogP contribution in [0.25, 0.3) is 0 Å². The van der Waals surface area contributed by atoms with Gasteiger partial charge in [0.15, 0.2) is 0 Å². The molecule has 0 amide bonds. The predicted molar refractivity (Wildman–Crippen MR) is 52.4 cm³/mol. The van der Waals surface area contributed by atoms with Crippen LogP contribution in [0.4, 0.5) is 0 Å². The van der Waals surface area contributed by atoms with Crippen LogP contribution in [-0.2, 0) is 0 Å². The fraction of sp³-hybridized carbons (Fsp3) is 0.444. The lowest BCUT2D eigenvalue weighted by atomic mass is 9.95. The van der Waals surface area contributed by atoms with Crippen LogP contribution in [0.1, 0.15) is 20.3 Å². The molecule has 0 spiro atoms. The minimum absolute atomic E-state index is 0.637. The summed E-state index contributed by atoms with van der Waals surface area (Å²) in [6.45, 7) is 4.36. The third kappa shape index (κ3) is 2.46. The summed E-state index contributed by atoms with van der Waals surface area (Å²) in [6.07, 6.45) is 5.52. The Hall–Kier alpha value is -0.630. The molecule has 0 saturated carbocycles. The van der Waals surface area contributed by atoms with Crippen LogP contribution in [0.3, 0.4) is 0 Å². The molecule has 0 bridgehead atoms. The van der Waals surface area contributed by atoms with Gasteiger partial charge in [0, 0.05) is 5.70 Å². The largest absolute Gasteiger partial charge is 0.353 e. The molecule has 0 heterocycles. The third-order valence-corrected chi connectivity index (χ3v) is 1.85. The Balaban J connectivity index is 2.69. The topological polar surface area (TPSA) is 12.0 Å². The monoisotopic (exact) mass is 167 g/mol. The van der Waals surface area contributed by atoms with Crippen molar-refractivity contribution in [2.45, 2.75) is 20.3 Å². The lowest BCUT2D eigenvalue weighted by Gasteiger charge is -2.15. The second-order valence-electron chi connectivity index (χ2n) is 3.06. The van der Waals surface area contributed by atoms with Gasteiger partial charge in [-0.2, -0.15) is 0 Å². The first-order chi connectivity index (χ1) is 5.22. The summed E-state index contributed by atoms with van der Waals surface area (Å²) < 4.78 is 0. The summed E-state index contributed by atoms with van der Waals surface area (Å²) in [5.74, 6) is 0.637.